The van der Waals surface area contributed by atoms with Crippen molar-refractivity contribution in [1.82, 2.24) is 10.2 Å². The third-order valence-electron chi connectivity index (χ3n) is 8.08. The summed E-state index contributed by atoms with van der Waals surface area (Å²) in [6, 6.07) is 20.8. The number of benzene rings is 3. The summed E-state index contributed by atoms with van der Waals surface area (Å²) in [5.74, 6) is -0.0826. The molecule has 242 valence electrons. The monoisotopic (exact) mass is 673 g/mol. The third kappa shape index (κ3) is 9.86. The van der Waals surface area contributed by atoms with Gasteiger partial charge in [0.2, 0.25) is 21.8 Å². The first-order valence-corrected chi connectivity index (χ1v) is 17.9. The number of hydrogen-bond acceptors (Lipinski definition) is 5. The summed E-state index contributed by atoms with van der Waals surface area (Å²) in [4.78, 5) is 29.7. The molecule has 0 aliphatic heterocycles. The zero-order valence-electron chi connectivity index (χ0n) is 25.8. The van der Waals surface area contributed by atoms with Crippen LogP contribution < -0.4 is 14.4 Å². The Labute approximate surface area is 276 Å². The van der Waals surface area contributed by atoms with Gasteiger partial charge in [-0.15, -0.1) is 0 Å². The van der Waals surface area contributed by atoms with Crippen LogP contribution in [0.15, 0.2) is 72.8 Å². The van der Waals surface area contributed by atoms with Crippen molar-refractivity contribution in [2.24, 2.45) is 0 Å². The number of ether oxygens (including phenoxy) is 1. The molecule has 0 spiro atoms. The zero-order chi connectivity index (χ0) is 32.4. The number of para-hydroxylation sites is 2. The summed E-state index contributed by atoms with van der Waals surface area (Å²) in [5, 5.41) is 4.09. The van der Waals surface area contributed by atoms with E-state index in [2.05, 4.69) is 5.32 Å². The van der Waals surface area contributed by atoms with Crippen LogP contribution in [0.2, 0.25) is 10.0 Å². The van der Waals surface area contributed by atoms with Gasteiger partial charge in [-0.3, -0.25) is 13.9 Å². The molecule has 45 heavy (non-hydrogen) atoms. The van der Waals surface area contributed by atoms with Gasteiger partial charge in [-0.25, -0.2) is 8.42 Å². The van der Waals surface area contributed by atoms with Crippen molar-refractivity contribution < 1.29 is 22.7 Å². The molecule has 8 nitrogen and oxygen atoms in total. The number of nitrogens with one attached hydrogen (secondary N) is 1. The third-order valence-corrected chi connectivity index (χ3v) is 9.85. The van der Waals surface area contributed by atoms with E-state index < -0.39 is 16.1 Å². The van der Waals surface area contributed by atoms with Gasteiger partial charge in [0.25, 0.3) is 0 Å². The molecule has 0 heterocycles. The van der Waals surface area contributed by atoms with Crippen molar-refractivity contribution in [3.05, 3.63) is 94.0 Å². The number of nitrogens with zero attached hydrogens (tertiary/aromatic N) is 2. The van der Waals surface area contributed by atoms with Crippen molar-refractivity contribution >= 4 is 50.7 Å². The van der Waals surface area contributed by atoms with E-state index in [1.54, 1.807) is 47.4 Å². The van der Waals surface area contributed by atoms with Gasteiger partial charge in [0, 0.05) is 42.0 Å². The maximum absolute atomic E-state index is 14.1. The van der Waals surface area contributed by atoms with Crippen LogP contribution in [0.25, 0.3) is 0 Å². The Morgan fingerprint density at radius 3 is 2.33 bits per heavy atom. The van der Waals surface area contributed by atoms with Crippen molar-refractivity contribution in [3.63, 3.8) is 0 Å². The molecule has 0 bridgehead atoms. The summed E-state index contributed by atoms with van der Waals surface area (Å²) in [7, 11) is -2.20. The number of rotatable bonds is 14. The van der Waals surface area contributed by atoms with Gasteiger partial charge < -0.3 is 15.0 Å². The molecule has 1 saturated carbocycles. The van der Waals surface area contributed by atoms with Gasteiger partial charge in [0.1, 0.15) is 11.8 Å². The van der Waals surface area contributed by atoms with Crippen LogP contribution in [0.1, 0.15) is 56.1 Å². The van der Waals surface area contributed by atoms with Crippen LogP contribution in [0.4, 0.5) is 5.69 Å². The van der Waals surface area contributed by atoms with Crippen molar-refractivity contribution in [1.29, 1.82) is 0 Å². The summed E-state index contributed by atoms with van der Waals surface area (Å²) >= 11 is 12.7. The van der Waals surface area contributed by atoms with Gasteiger partial charge in [-0.1, -0.05) is 91.0 Å². The van der Waals surface area contributed by atoms with E-state index in [0.717, 1.165) is 43.9 Å². The lowest BCUT2D eigenvalue weighted by molar-refractivity contribution is -0.141. The second-order valence-electron chi connectivity index (χ2n) is 11.4. The highest BCUT2D eigenvalue weighted by molar-refractivity contribution is 7.92. The van der Waals surface area contributed by atoms with Crippen molar-refractivity contribution in [2.45, 2.75) is 70.0 Å². The molecule has 1 aliphatic rings. The van der Waals surface area contributed by atoms with Gasteiger partial charge in [0.05, 0.1) is 19.1 Å². The molecule has 1 fully saturated rings. The number of amides is 2. The lowest BCUT2D eigenvalue weighted by Gasteiger charge is -2.34. The van der Waals surface area contributed by atoms with E-state index in [4.69, 9.17) is 27.9 Å². The molecule has 3 aromatic rings. The van der Waals surface area contributed by atoms with Crippen LogP contribution in [0.3, 0.4) is 0 Å². The fraction of sp³-hybridized carbons (Fsp3) is 0.412. The van der Waals surface area contributed by atoms with Gasteiger partial charge in [-0.05, 0) is 54.7 Å². The van der Waals surface area contributed by atoms with E-state index in [1.165, 1.54) is 11.4 Å². The number of sulfonamides is 1. The van der Waals surface area contributed by atoms with E-state index in [9.17, 15) is 18.0 Å². The average molecular weight is 675 g/mol. The SMILES string of the molecule is COc1ccccc1N(CCCC(=O)N(Cc1ccc(Cl)cc1Cl)[C@@H](Cc1ccccc1)C(=O)NC1CCCCC1)S(C)(=O)=O. The van der Waals surface area contributed by atoms with Gasteiger partial charge in [0.15, 0.2) is 0 Å². The normalized spacial score (nSPS) is 14.4. The lowest BCUT2D eigenvalue weighted by Crippen LogP contribution is -2.53. The van der Waals surface area contributed by atoms with E-state index in [0.29, 0.717) is 33.5 Å². The largest absolute Gasteiger partial charge is 0.495 e. The molecule has 11 heteroatoms. The molecule has 0 saturated heterocycles. The number of hydrogen-bond donors (Lipinski definition) is 1. The molecule has 1 N–H and O–H groups in total. The molecule has 1 atom stereocenters. The standard InChI is InChI=1S/C34H41Cl2N3O5S/c1-44-32-17-10-9-16-30(32)39(45(2,42)43)21-11-18-33(40)38(24-26-19-20-27(35)23-29(26)36)31(22-25-12-5-3-6-13-25)34(41)37-28-14-7-4-8-15-28/h3,5-6,9-10,12-13,16-17,19-20,23,28,31H,4,7-8,11,14-15,18,21-22,24H2,1-2H3,(H,37,41)/t31-/m0/s1. The number of carbonyl (C=O) groups excluding carboxylic acids is 2. The summed E-state index contributed by atoms with van der Waals surface area (Å²) < 4.78 is 32.3. The molecule has 2 amide bonds. The molecule has 1 aliphatic carbocycles. The average Bonchev–Trinajstić information content (AvgIpc) is 3.02. The Bertz CT molecular complexity index is 1550. The van der Waals surface area contributed by atoms with Crippen molar-refractivity contribution in [3.8, 4) is 5.75 Å². The van der Waals surface area contributed by atoms with Crippen molar-refractivity contribution in [2.75, 3.05) is 24.2 Å². The Balaban J connectivity index is 1.62. The highest BCUT2D eigenvalue weighted by Gasteiger charge is 2.32. The molecule has 0 aromatic heterocycles. The van der Waals surface area contributed by atoms with Crippen LogP contribution in [0, 0.1) is 0 Å². The minimum absolute atomic E-state index is 0.00831. The number of halogens is 2. The highest BCUT2D eigenvalue weighted by Crippen LogP contribution is 2.30. The number of methoxy groups -OCH3 is 1. The quantitative estimate of drug-likeness (QED) is 0.207. The van der Waals surface area contributed by atoms with E-state index >= 15 is 0 Å². The predicted octanol–water partition coefficient (Wildman–Crippen LogP) is 6.64. The molecule has 0 unspecified atom stereocenters. The van der Waals surface area contributed by atoms with E-state index in [-0.39, 0.29) is 43.8 Å². The fourth-order valence-corrected chi connectivity index (χ4v) is 7.19. The maximum atomic E-state index is 14.1. The molecule has 4 rings (SSSR count). The summed E-state index contributed by atoms with van der Waals surface area (Å²) in [6.45, 7) is 0.144. The predicted molar refractivity (Wildman–Crippen MR) is 180 cm³/mol. The first kappa shape index (κ1) is 34.6. The fourth-order valence-electron chi connectivity index (χ4n) is 5.75. The van der Waals surface area contributed by atoms with Crippen LogP contribution in [-0.2, 0) is 32.6 Å². The van der Waals surface area contributed by atoms with Gasteiger partial charge >= 0.3 is 0 Å². The zero-order valence-corrected chi connectivity index (χ0v) is 28.1. The topological polar surface area (TPSA) is 96.0 Å². The Hall–Kier alpha value is -3.27. The molecule has 0 radical (unpaired) electrons. The van der Waals surface area contributed by atoms with Crippen LogP contribution in [0.5, 0.6) is 5.75 Å². The van der Waals surface area contributed by atoms with E-state index in [1.807, 2.05) is 30.3 Å². The second-order valence-corrected chi connectivity index (χ2v) is 14.2. The highest BCUT2D eigenvalue weighted by atomic mass is 35.5. The minimum Gasteiger partial charge on any atom is -0.495 e. The van der Waals surface area contributed by atoms with Crippen LogP contribution in [-0.4, -0.2) is 57.1 Å². The number of carbonyl (C=O) groups is 2. The first-order valence-electron chi connectivity index (χ1n) is 15.2. The second kappa shape index (κ2) is 16.3. The first-order chi connectivity index (χ1) is 21.6. The summed E-state index contributed by atoms with van der Waals surface area (Å²) in [5.41, 5.74) is 1.97. The maximum Gasteiger partial charge on any atom is 0.243 e. The minimum atomic E-state index is -3.68. The molecular formula is C34H41Cl2N3O5S. The summed E-state index contributed by atoms with van der Waals surface area (Å²) in [6.07, 6.45) is 6.75. The Kier molecular flexibility index (Phi) is 12.6. The number of anilines is 1. The Morgan fingerprint density at radius 1 is 0.978 bits per heavy atom. The molecular weight excluding hydrogens is 633 g/mol. The molecule has 3 aromatic carbocycles. The Morgan fingerprint density at radius 2 is 1.67 bits per heavy atom. The van der Waals surface area contributed by atoms with Crippen LogP contribution >= 0.6 is 23.2 Å². The lowest BCUT2D eigenvalue weighted by atomic mass is 9.94. The smallest absolute Gasteiger partial charge is 0.243 e. The van der Waals surface area contributed by atoms with Gasteiger partial charge in [-0.2, -0.15) is 0 Å².